The van der Waals surface area contributed by atoms with Gasteiger partial charge < -0.3 is 15.1 Å². The number of rotatable bonds is 5. The summed E-state index contributed by atoms with van der Waals surface area (Å²) >= 11 is 0. The number of carbonyl (C=O) groups excluding carboxylic acids is 1. The van der Waals surface area contributed by atoms with Crippen molar-refractivity contribution in [3.05, 3.63) is 0 Å². The van der Waals surface area contributed by atoms with Gasteiger partial charge in [-0.1, -0.05) is 0 Å². The number of likely N-dealkylation sites (N-methyl/N-ethyl adjacent to an activating group) is 1. The fraction of sp³-hybridized carbons (Fsp3) is 0.917. The van der Waals surface area contributed by atoms with E-state index < -0.39 is 0 Å². The van der Waals surface area contributed by atoms with E-state index in [-0.39, 0.29) is 5.91 Å². The molecule has 0 saturated carbocycles. The molecule has 1 aliphatic rings. The average molecular weight is 227 g/mol. The first kappa shape index (κ1) is 13.5. The molecule has 0 bridgehead atoms. The Morgan fingerprint density at radius 3 is 2.38 bits per heavy atom. The maximum absolute atomic E-state index is 11.8. The summed E-state index contributed by atoms with van der Waals surface area (Å²) in [5.74, 6) is 0.226. The molecule has 1 amide bonds. The molecule has 1 heterocycles. The van der Waals surface area contributed by atoms with Crippen LogP contribution in [0.3, 0.4) is 0 Å². The van der Waals surface area contributed by atoms with Gasteiger partial charge in [0.15, 0.2) is 0 Å². The molecule has 0 radical (unpaired) electrons. The van der Waals surface area contributed by atoms with Crippen molar-refractivity contribution in [1.29, 1.82) is 0 Å². The van der Waals surface area contributed by atoms with Gasteiger partial charge in [0.05, 0.1) is 6.54 Å². The fourth-order valence-corrected chi connectivity index (χ4v) is 2.13. The van der Waals surface area contributed by atoms with Crippen LogP contribution >= 0.6 is 0 Å². The van der Waals surface area contributed by atoms with Gasteiger partial charge in [0.1, 0.15) is 0 Å². The molecule has 0 aromatic rings. The summed E-state index contributed by atoms with van der Waals surface area (Å²) in [4.78, 5) is 16.0. The van der Waals surface area contributed by atoms with Crippen LogP contribution in [0.5, 0.6) is 0 Å². The van der Waals surface area contributed by atoms with Crippen LogP contribution in [0.1, 0.15) is 26.7 Å². The molecule has 0 spiro atoms. The zero-order valence-electron chi connectivity index (χ0n) is 10.8. The second kappa shape index (κ2) is 6.86. The quantitative estimate of drug-likeness (QED) is 0.744. The van der Waals surface area contributed by atoms with Crippen molar-refractivity contribution >= 4 is 5.91 Å². The minimum Gasteiger partial charge on any atom is -0.342 e. The number of carbonyl (C=O) groups is 1. The summed E-state index contributed by atoms with van der Waals surface area (Å²) in [5.41, 5.74) is 0. The molecule has 4 nitrogen and oxygen atoms in total. The molecule has 0 unspecified atom stereocenters. The van der Waals surface area contributed by atoms with Crippen molar-refractivity contribution in [2.75, 3.05) is 39.8 Å². The van der Waals surface area contributed by atoms with Crippen molar-refractivity contribution in [2.24, 2.45) is 0 Å². The highest BCUT2D eigenvalue weighted by molar-refractivity contribution is 5.78. The van der Waals surface area contributed by atoms with Crippen molar-refractivity contribution in [2.45, 2.75) is 32.7 Å². The summed E-state index contributed by atoms with van der Waals surface area (Å²) in [5, 5.41) is 3.37. The van der Waals surface area contributed by atoms with E-state index >= 15 is 0 Å². The van der Waals surface area contributed by atoms with Crippen LogP contribution in [0.4, 0.5) is 0 Å². The van der Waals surface area contributed by atoms with Crippen LogP contribution in [0, 0.1) is 0 Å². The first-order valence-electron chi connectivity index (χ1n) is 6.37. The molecule has 4 heteroatoms. The third kappa shape index (κ3) is 4.10. The largest absolute Gasteiger partial charge is 0.342 e. The number of hydrogen-bond acceptors (Lipinski definition) is 3. The molecule has 0 atom stereocenters. The van der Waals surface area contributed by atoms with Crippen LogP contribution in [-0.2, 0) is 4.79 Å². The molecule has 1 aliphatic heterocycles. The smallest absolute Gasteiger partial charge is 0.236 e. The fourth-order valence-electron chi connectivity index (χ4n) is 2.13. The minimum absolute atomic E-state index is 0.226. The number of piperidine rings is 1. The van der Waals surface area contributed by atoms with E-state index in [0.29, 0.717) is 12.6 Å². The van der Waals surface area contributed by atoms with Crippen LogP contribution in [0.25, 0.3) is 0 Å². The Hall–Kier alpha value is -0.610. The van der Waals surface area contributed by atoms with Crippen molar-refractivity contribution < 1.29 is 4.79 Å². The zero-order valence-corrected chi connectivity index (χ0v) is 10.8. The van der Waals surface area contributed by atoms with E-state index in [2.05, 4.69) is 17.3 Å². The second-order valence-electron chi connectivity index (χ2n) is 4.52. The molecule has 0 aliphatic carbocycles. The van der Waals surface area contributed by atoms with Gasteiger partial charge in [-0.2, -0.15) is 0 Å². The molecule has 1 rings (SSSR count). The van der Waals surface area contributed by atoms with E-state index in [4.69, 9.17) is 0 Å². The van der Waals surface area contributed by atoms with Gasteiger partial charge in [-0.3, -0.25) is 4.79 Å². The molecule has 94 valence electrons. The summed E-state index contributed by atoms with van der Waals surface area (Å²) in [6.07, 6.45) is 2.31. The first-order chi connectivity index (χ1) is 7.67. The lowest BCUT2D eigenvalue weighted by Crippen LogP contribution is -2.45. The monoisotopic (exact) mass is 227 g/mol. The molecular formula is C12H25N3O. The predicted molar refractivity (Wildman–Crippen MR) is 66.4 cm³/mol. The van der Waals surface area contributed by atoms with Crippen LogP contribution < -0.4 is 5.32 Å². The average Bonchev–Trinajstić information content (AvgIpc) is 2.30. The van der Waals surface area contributed by atoms with Crippen molar-refractivity contribution in [1.82, 2.24) is 15.1 Å². The van der Waals surface area contributed by atoms with E-state index in [1.165, 1.54) is 0 Å². The van der Waals surface area contributed by atoms with E-state index in [0.717, 1.165) is 39.0 Å². The Kier molecular flexibility index (Phi) is 5.77. The third-order valence-electron chi connectivity index (χ3n) is 3.38. The highest BCUT2D eigenvalue weighted by Gasteiger charge is 2.17. The molecule has 16 heavy (non-hydrogen) atoms. The zero-order chi connectivity index (χ0) is 12.0. The number of amides is 1. The lowest BCUT2D eigenvalue weighted by atomic mass is 10.1. The summed E-state index contributed by atoms with van der Waals surface area (Å²) in [6.45, 7) is 8.44. The van der Waals surface area contributed by atoms with Crippen molar-refractivity contribution in [3.63, 3.8) is 0 Å². The molecule has 0 aromatic heterocycles. The molecule has 1 N–H and O–H groups in total. The van der Waals surface area contributed by atoms with E-state index in [9.17, 15) is 4.79 Å². The lowest BCUT2D eigenvalue weighted by molar-refractivity contribution is -0.130. The van der Waals surface area contributed by atoms with Crippen LogP contribution in [0.15, 0.2) is 0 Å². The van der Waals surface area contributed by atoms with Gasteiger partial charge in [-0.15, -0.1) is 0 Å². The third-order valence-corrected chi connectivity index (χ3v) is 3.38. The number of hydrogen-bond donors (Lipinski definition) is 1. The van der Waals surface area contributed by atoms with E-state index in [1.54, 1.807) is 0 Å². The second-order valence-corrected chi connectivity index (χ2v) is 4.52. The van der Waals surface area contributed by atoms with Gasteiger partial charge in [0, 0.05) is 19.1 Å². The Morgan fingerprint density at radius 1 is 1.31 bits per heavy atom. The maximum Gasteiger partial charge on any atom is 0.236 e. The Morgan fingerprint density at radius 2 is 1.88 bits per heavy atom. The summed E-state index contributed by atoms with van der Waals surface area (Å²) in [7, 11) is 2.15. The Bertz CT molecular complexity index is 208. The minimum atomic E-state index is 0.226. The molecular weight excluding hydrogens is 202 g/mol. The Labute approximate surface area is 99.0 Å². The van der Waals surface area contributed by atoms with Crippen molar-refractivity contribution in [3.8, 4) is 0 Å². The van der Waals surface area contributed by atoms with Crippen LogP contribution in [-0.4, -0.2) is 61.5 Å². The standard InChI is InChI=1S/C12H25N3O/c1-4-15(5-2)12(16)10-13-11-6-8-14(3)9-7-11/h11,13H,4-10H2,1-3H3. The van der Waals surface area contributed by atoms with Gasteiger partial charge in [0.2, 0.25) is 5.91 Å². The van der Waals surface area contributed by atoms with Gasteiger partial charge in [0.25, 0.3) is 0 Å². The van der Waals surface area contributed by atoms with Gasteiger partial charge in [-0.05, 0) is 46.8 Å². The normalized spacial score (nSPS) is 18.7. The van der Waals surface area contributed by atoms with Gasteiger partial charge in [-0.25, -0.2) is 0 Å². The number of nitrogens with one attached hydrogen (secondary N) is 1. The first-order valence-corrected chi connectivity index (χ1v) is 6.37. The molecule has 1 saturated heterocycles. The van der Waals surface area contributed by atoms with E-state index in [1.807, 2.05) is 18.7 Å². The molecule has 1 fully saturated rings. The molecule has 0 aromatic carbocycles. The number of nitrogens with zero attached hydrogens (tertiary/aromatic N) is 2. The van der Waals surface area contributed by atoms with Gasteiger partial charge >= 0.3 is 0 Å². The topological polar surface area (TPSA) is 35.6 Å². The lowest BCUT2D eigenvalue weighted by Gasteiger charge is -2.30. The maximum atomic E-state index is 11.8. The highest BCUT2D eigenvalue weighted by atomic mass is 16.2. The number of likely N-dealkylation sites (tertiary alicyclic amines) is 1. The summed E-state index contributed by atoms with van der Waals surface area (Å²) in [6, 6.07) is 0.524. The predicted octanol–water partition coefficient (Wildman–Crippen LogP) is 0.539. The SMILES string of the molecule is CCN(CC)C(=O)CNC1CCN(C)CC1. The Balaban J connectivity index is 2.21. The summed E-state index contributed by atoms with van der Waals surface area (Å²) < 4.78 is 0. The van der Waals surface area contributed by atoms with Crippen LogP contribution in [0.2, 0.25) is 0 Å². The highest BCUT2D eigenvalue weighted by Crippen LogP contribution is 2.07.